The van der Waals surface area contributed by atoms with E-state index in [9.17, 15) is 14.3 Å². The van der Waals surface area contributed by atoms with E-state index in [0.29, 0.717) is 50.3 Å². The molecule has 0 bridgehead atoms. The molecular weight excluding hydrogens is 504 g/mol. The third-order valence-corrected chi connectivity index (χ3v) is 8.25. The van der Waals surface area contributed by atoms with Crippen LogP contribution in [0.1, 0.15) is 67.0 Å². The van der Waals surface area contributed by atoms with E-state index in [2.05, 4.69) is 17.4 Å². The summed E-state index contributed by atoms with van der Waals surface area (Å²) in [5.74, 6) is -0.801. The summed E-state index contributed by atoms with van der Waals surface area (Å²) < 4.78 is 40.7. The summed E-state index contributed by atoms with van der Waals surface area (Å²) in [5.41, 5.74) is 3.32. The second-order valence-corrected chi connectivity index (χ2v) is 11.0. The van der Waals surface area contributed by atoms with Crippen LogP contribution in [0.2, 0.25) is 0 Å². The zero-order valence-electron chi connectivity index (χ0n) is 22.4. The van der Waals surface area contributed by atoms with Gasteiger partial charge in [0.15, 0.2) is 0 Å². The van der Waals surface area contributed by atoms with Gasteiger partial charge >= 0.3 is 5.97 Å². The summed E-state index contributed by atoms with van der Waals surface area (Å²) in [6.07, 6.45) is 5.39. The number of carbonyl (C=O) groups is 1. The predicted octanol–water partition coefficient (Wildman–Crippen LogP) is 5.08. The van der Waals surface area contributed by atoms with Crippen LogP contribution in [-0.4, -0.2) is 66.1 Å². The van der Waals surface area contributed by atoms with Crippen molar-refractivity contribution in [3.8, 4) is 0 Å². The maximum atomic E-state index is 15.2. The van der Waals surface area contributed by atoms with Crippen LogP contribution in [0.5, 0.6) is 0 Å². The monoisotopic (exact) mass is 543 g/mol. The van der Waals surface area contributed by atoms with Gasteiger partial charge in [-0.05, 0) is 86.4 Å². The van der Waals surface area contributed by atoms with E-state index in [4.69, 9.17) is 14.5 Å². The molecule has 2 aromatic rings. The van der Waals surface area contributed by atoms with Crippen LogP contribution in [0.15, 0.2) is 30.3 Å². The Labute approximate surface area is 228 Å². The van der Waals surface area contributed by atoms with Crippen LogP contribution in [0.4, 0.5) is 14.6 Å². The Bertz CT molecular complexity index is 1130. The highest BCUT2D eigenvalue weighted by molar-refractivity contribution is 5.76. The Morgan fingerprint density at radius 3 is 2.97 bits per heavy atom. The number of benzene rings is 1. The van der Waals surface area contributed by atoms with Gasteiger partial charge in [0.25, 0.3) is 0 Å². The van der Waals surface area contributed by atoms with Crippen LogP contribution in [0.25, 0.3) is 0 Å². The number of halogens is 2. The molecule has 212 valence electrons. The van der Waals surface area contributed by atoms with Crippen molar-refractivity contribution in [3.05, 3.63) is 58.5 Å². The number of nitrogens with one attached hydrogen (secondary N) is 1. The van der Waals surface area contributed by atoms with Crippen molar-refractivity contribution in [2.75, 3.05) is 38.2 Å². The highest BCUT2D eigenvalue weighted by Gasteiger charge is 2.37. The summed E-state index contributed by atoms with van der Waals surface area (Å²) in [4.78, 5) is 18.9. The SMILES string of the molecule is O=C(O)[C@@H](c1cc(F)ccc1CO[C@H]1CCOC1)N1CC[C@@H]([C@H](F)CCCCc2ccc3c(n2)NCCC3)C1. The van der Waals surface area contributed by atoms with Gasteiger partial charge in [-0.1, -0.05) is 18.6 Å². The van der Waals surface area contributed by atoms with Crippen molar-refractivity contribution >= 4 is 11.8 Å². The molecule has 5 rings (SSSR count). The van der Waals surface area contributed by atoms with E-state index < -0.39 is 24.0 Å². The molecule has 0 saturated carbocycles. The van der Waals surface area contributed by atoms with Crippen molar-refractivity contribution in [1.29, 1.82) is 0 Å². The van der Waals surface area contributed by atoms with Crippen molar-refractivity contribution in [2.24, 2.45) is 5.92 Å². The van der Waals surface area contributed by atoms with Crippen molar-refractivity contribution in [1.82, 2.24) is 9.88 Å². The summed E-state index contributed by atoms with van der Waals surface area (Å²) in [6.45, 7) is 3.08. The third-order valence-electron chi connectivity index (χ3n) is 8.25. The Morgan fingerprint density at radius 2 is 2.15 bits per heavy atom. The van der Waals surface area contributed by atoms with Crippen LogP contribution < -0.4 is 5.32 Å². The Balaban J connectivity index is 1.14. The van der Waals surface area contributed by atoms with Crippen LogP contribution >= 0.6 is 0 Å². The number of unbranched alkanes of at least 4 members (excludes halogenated alkanes) is 1. The number of aromatic nitrogens is 1. The maximum Gasteiger partial charge on any atom is 0.325 e. The molecule has 0 unspecified atom stereocenters. The number of rotatable bonds is 12. The number of aliphatic carboxylic acids is 1. The average molecular weight is 544 g/mol. The number of hydrogen-bond donors (Lipinski definition) is 2. The van der Waals surface area contributed by atoms with Crippen LogP contribution in [-0.2, 0) is 33.7 Å². The normalized spacial score (nSPS) is 22.8. The molecule has 0 amide bonds. The molecule has 0 spiro atoms. The standard InChI is InChI=1S/C30H39F2N3O4/c31-23-9-7-22(18-39-25-12-15-38-19-25)26(16-23)28(30(36)37)35-14-11-21(17-35)27(32)6-2-1-5-24-10-8-20-4-3-13-33-29(20)34-24/h7-10,16,21,25,27-28H,1-6,11-15,17-19H2,(H,33,34)(H,36,37)/t21-,25+,27-,28-/m1/s1. The highest BCUT2D eigenvalue weighted by Crippen LogP contribution is 2.34. The lowest BCUT2D eigenvalue weighted by molar-refractivity contribution is -0.143. The zero-order valence-corrected chi connectivity index (χ0v) is 22.4. The number of likely N-dealkylation sites (tertiary alicyclic amines) is 1. The van der Waals surface area contributed by atoms with Gasteiger partial charge < -0.3 is 19.9 Å². The molecule has 9 heteroatoms. The van der Waals surface area contributed by atoms with E-state index in [-0.39, 0.29) is 18.6 Å². The minimum atomic E-state index is -1.06. The molecule has 2 fully saturated rings. The molecular formula is C30H39F2N3O4. The summed E-state index contributed by atoms with van der Waals surface area (Å²) in [5, 5.41) is 13.5. The minimum absolute atomic E-state index is 0.0469. The number of nitrogens with zero attached hydrogens (tertiary/aromatic N) is 2. The fourth-order valence-corrected chi connectivity index (χ4v) is 6.02. The second kappa shape index (κ2) is 13.2. The second-order valence-electron chi connectivity index (χ2n) is 11.0. The lowest BCUT2D eigenvalue weighted by atomic mass is 9.96. The molecule has 4 heterocycles. The maximum absolute atomic E-state index is 15.2. The quantitative estimate of drug-likeness (QED) is 0.361. The first-order valence-electron chi connectivity index (χ1n) is 14.3. The van der Waals surface area contributed by atoms with Gasteiger partial charge in [0.2, 0.25) is 0 Å². The average Bonchev–Trinajstić information content (AvgIpc) is 3.63. The van der Waals surface area contributed by atoms with Gasteiger partial charge in [-0.2, -0.15) is 0 Å². The van der Waals surface area contributed by atoms with E-state index in [1.54, 1.807) is 11.0 Å². The fourth-order valence-electron chi connectivity index (χ4n) is 6.02. The Morgan fingerprint density at radius 1 is 1.26 bits per heavy atom. The van der Waals surface area contributed by atoms with Gasteiger partial charge in [0.05, 0.1) is 19.3 Å². The summed E-state index contributed by atoms with van der Waals surface area (Å²) >= 11 is 0. The van der Waals surface area contributed by atoms with E-state index in [0.717, 1.165) is 56.6 Å². The number of ether oxygens (including phenoxy) is 2. The molecule has 0 radical (unpaired) electrons. The topological polar surface area (TPSA) is 83.9 Å². The smallest absolute Gasteiger partial charge is 0.325 e. The van der Waals surface area contributed by atoms with Crippen molar-refractivity contribution < 1.29 is 28.2 Å². The molecule has 4 atom stereocenters. The number of pyridine rings is 1. The number of fused-ring (bicyclic) bond motifs is 1. The van der Waals surface area contributed by atoms with Gasteiger partial charge in [0, 0.05) is 31.3 Å². The predicted molar refractivity (Wildman–Crippen MR) is 144 cm³/mol. The Kier molecular flexibility index (Phi) is 9.42. The molecule has 2 saturated heterocycles. The highest BCUT2D eigenvalue weighted by atomic mass is 19.1. The first-order chi connectivity index (χ1) is 19.0. The molecule has 2 N–H and O–H groups in total. The van der Waals surface area contributed by atoms with Gasteiger partial charge in [-0.3, -0.25) is 9.69 Å². The number of carboxylic acid groups (broad SMARTS) is 1. The van der Waals surface area contributed by atoms with E-state index >= 15 is 4.39 Å². The van der Waals surface area contributed by atoms with Gasteiger partial charge in [-0.25, -0.2) is 13.8 Å². The fraction of sp³-hybridized carbons (Fsp3) is 0.600. The zero-order chi connectivity index (χ0) is 27.2. The third kappa shape index (κ3) is 7.13. The lowest BCUT2D eigenvalue weighted by Gasteiger charge is -2.27. The largest absolute Gasteiger partial charge is 0.480 e. The molecule has 3 aliphatic rings. The first-order valence-corrected chi connectivity index (χ1v) is 14.3. The first kappa shape index (κ1) is 27.9. The van der Waals surface area contributed by atoms with Crippen LogP contribution in [0.3, 0.4) is 0 Å². The number of anilines is 1. The van der Waals surface area contributed by atoms with Gasteiger partial charge in [-0.15, -0.1) is 0 Å². The number of aryl methyl sites for hydroxylation is 2. The molecule has 0 aliphatic carbocycles. The summed E-state index contributed by atoms with van der Waals surface area (Å²) in [6, 6.07) is 7.38. The number of alkyl halides is 1. The number of hydrogen-bond acceptors (Lipinski definition) is 6. The summed E-state index contributed by atoms with van der Waals surface area (Å²) in [7, 11) is 0. The van der Waals surface area contributed by atoms with E-state index in [1.807, 2.05) is 0 Å². The minimum Gasteiger partial charge on any atom is -0.480 e. The molecule has 1 aromatic carbocycles. The van der Waals surface area contributed by atoms with Crippen molar-refractivity contribution in [2.45, 2.75) is 76.3 Å². The lowest BCUT2D eigenvalue weighted by Crippen LogP contribution is -2.34. The number of carboxylic acids is 1. The van der Waals surface area contributed by atoms with E-state index in [1.165, 1.54) is 17.7 Å². The van der Waals surface area contributed by atoms with Crippen LogP contribution in [0, 0.1) is 11.7 Å². The molecule has 7 nitrogen and oxygen atoms in total. The Hall–Kier alpha value is -2.62. The van der Waals surface area contributed by atoms with Crippen molar-refractivity contribution in [3.63, 3.8) is 0 Å². The van der Waals surface area contributed by atoms with Gasteiger partial charge in [0.1, 0.15) is 23.8 Å². The molecule has 3 aliphatic heterocycles. The molecule has 39 heavy (non-hydrogen) atoms. The molecule has 1 aromatic heterocycles.